The molecule has 1 aliphatic heterocycles. The smallest absolute Gasteiger partial charge is 0.255 e. The third kappa shape index (κ3) is 4.61. The lowest BCUT2D eigenvalue weighted by molar-refractivity contribution is 0.0948. The molecule has 0 saturated heterocycles. The van der Waals surface area contributed by atoms with E-state index in [4.69, 9.17) is 23.2 Å². The first-order chi connectivity index (χ1) is 13.3. The van der Waals surface area contributed by atoms with E-state index in [0.717, 1.165) is 36.3 Å². The average Bonchev–Trinajstić information content (AvgIpc) is 2.62. The van der Waals surface area contributed by atoms with Gasteiger partial charge in [-0.05, 0) is 62.1 Å². The molecule has 1 amide bonds. The van der Waals surface area contributed by atoms with Gasteiger partial charge in [-0.25, -0.2) is 0 Å². The van der Waals surface area contributed by atoms with E-state index >= 15 is 0 Å². The van der Waals surface area contributed by atoms with Gasteiger partial charge in [0.15, 0.2) is 0 Å². The molecule has 0 bridgehead atoms. The molecule has 0 radical (unpaired) electrons. The van der Waals surface area contributed by atoms with Crippen LogP contribution in [0.3, 0.4) is 0 Å². The summed E-state index contributed by atoms with van der Waals surface area (Å²) in [6, 6.07) is 8.91. The molecule has 3 rings (SSSR count). The van der Waals surface area contributed by atoms with Crippen LogP contribution in [0, 0.1) is 0 Å². The summed E-state index contributed by atoms with van der Waals surface area (Å²) < 4.78 is 0. The maximum absolute atomic E-state index is 12.6. The number of nitrogens with zero attached hydrogens (tertiary/aromatic N) is 2. The lowest BCUT2D eigenvalue weighted by Crippen LogP contribution is -2.32. The molecule has 150 valence electrons. The van der Waals surface area contributed by atoms with Crippen molar-refractivity contribution in [1.29, 1.82) is 0 Å². The van der Waals surface area contributed by atoms with Crippen molar-refractivity contribution < 1.29 is 9.90 Å². The Morgan fingerprint density at radius 1 is 1.29 bits per heavy atom. The minimum Gasteiger partial charge on any atom is -0.507 e. The lowest BCUT2D eigenvalue weighted by atomic mass is 9.84. The first kappa shape index (κ1) is 20.9. The molecule has 2 N–H and O–H groups in total. The molecule has 1 unspecified atom stereocenters. The first-order valence-electron chi connectivity index (χ1n) is 9.18. The van der Waals surface area contributed by atoms with Crippen LogP contribution in [0.1, 0.15) is 33.0 Å². The third-order valence-corrected chi connectivity index (χ3v) is 5.56. The molecule has 0 saturated carbocycles. The van der Waals surface area contributed by atoms with E-state index in [-0.39, 0.29) is 23.1 Å². The van der Waals surface area contributed by atoms with Crippen LogP contribution < -0.4 is 5.32 Å². The summed E-state index contributed by atoms with van der Waals surface area (Å²) in [5, 5.41) is 14.3. The van der Waals surface area contributed by atoms with Gasteiger partial charge in [0.05, 0.1) is 5.56 Å². The van der Waals surface area contributed by atoms with Gasteiger partial charge in [-0.15, -0.1) is 0 Å². The van der Waals surface area contributed by atoms with Crippen molar-refractivity contribution in [2.45, 2.75) is 12.5 Å². The van der Waals surface area contributed by atoms with Gasteiger partial charge in [0.2, 0.25) is 0 Å². The van der Waals surface area contributed by atoms with Crippen molar-refractivity contribution in [3.8, 4) is 5.75 Å². The molecule has 0 aliphatic carbocycles. The van der Waals surface area contributed by atoms with Crippen molar-refractivity contribution >= 4 is 29.1 Å². The summed E-state index contributed by atoms with van der Waals surface area (Å²) in [5.41, 5.74) is 3.34. The summed E-state index contributed by atoms with van der Waals surface area (Å²) in [5.74, 6) is -0.298. The topological polar surface area (TPSA) is 55.8 Å². The van der Waals surface area contributed by atoms with Crippen molar-refractivity contribution in [1.82, 2.24) is 15.1 Å². The molecule has 2 aromatic rings. The van der Waals surface area contributed by atoms with Crippen LogP contribution >= 0.6 is 23.2 Å². The average molecular weight is 422 g/mol. The predicted octanol–water partition coefficient (Wildman–Crippen LogP) is 3.57. The Hall–Kier alpha value is -1.79. The van der Waals surface area contributed by atoms with Crippen LogP contribution in [-0.2, 0) is 6.54 Å². The van der Waals surface area contributed by atoms with Gasteiger partial charge in [-0.3, -0.25) is 4.79 Å². The van der Waals surface area contributed by atoms with E-state index in [0.29, 0.717) is 16.6 Å². The number of hydrogen-bond acceptors (Lipinski definition) is 4. The zero-order valence-electron chi connectivity index (χ0n) is 16.3. The normalized spacial score (nSPS) is 16.9. The fourth-order valence-corrected chi connectivity index (χ4v) is 4.14. The highest BCUT2D eigenvalue weighted by molar-refractivity contribution is 6.35. The number of nitrogens with one attached hydrogen (secondary N) is 1. The third-order valence-electron chi connectivity index (χ3n) is 5.00. The summed E-state index contributed by atoms with van der Waals surface area (Å²) >= 11 is 12.7. The summed E-state index contributed by atoms with van der Waals surface area (Å²) in [4.78, 5) is 16.7. The minimum atomic E-state index is -0.283. The van der Waals surface area contributed by atoms with E-state index in [9.17, 15) is 9.90 Å². The summed E-state index contributed by atoms with van der Waals surface area (Å²) in [7, 11) is 5.92. The van der Waals surface area contributed by atoms with Gasteiger partial charge in [0, 0.05) is 42.1 Å². The van der Waals surface area contributed by atoms with Crippen LogP contribution in [0.4, 0.5) is 0 Å². The van der Waals surface area contributed by atoms with E-state index in [1.165, 1.54) is 0 Å². The van der Waals surface area contributed by atoms with Crippen LogP contribution in [-0.4, -0.2) is 61.6 Å². The second-order valence-electron chi connectivity index (χ2n) is 7.54. The summed E-state index contributed by atoms with van der Waals surface area (Å²) in [6.07, 6.45) is 0. The number of rotatable bonds is 5. The molecule has 1 aliphatic rings. The van der Waals surface area contributed by atoms with Crippen LogP contribution in [0.25, 0.3) is 0 Å². The van der Waals surface area contributed by atoms with E-state index in [1.54, 1.807) is 18.2 Å². The second-order valence-corrected chi connectivity index (χ2v) is 8.38. The number of carbonyl (C=O) groups excluding carboxylic acids is 1. The Kier molecular flexibility index (Phi) is 6.50. The maximum atomic E-state index is 12.6. The number of likely N-dealkylation sites (N-methyl/N-ethyl adjacent to an activating group) is 2. The van der Waals surface area contributed by atoms with Crippen molar-refractivity contribution in [3.05, 3.63) is 62.6 Å². The van der Waals surface area contributed by atoms with E-state index in [1.807, 2.05) is 38.2 Å². The standard InChI is InChI=1S/C21H25Cl2N3O2/c1-25(2)7-6-24-21(28)16-8-13(4-5-20(16)27)17-11-26(3)12-18-15(17)9-14(22)10-19(18)23/h4-5,8-10,17,27H,6-7,11-12H2,1-3H3,(H,24,28). The number of halogens is 2. The van der Waals surface area contributed by atoms with E-state index < -0.39 is 0 Å². The monoisotopic (exact) mass is 421 g/mol. The summed E-state index contributed by atoms with van der Waals surface area (Å²) in [6.45, 7) is 2.76. The number of phenolic OH excluding ortho intramolecular Hbond substituents is 1. The molecule has 1 heterocycles. The highest BCUT2D eigenvalue weighted by Crippen LogP contribution is 2.39. The molecule has 0 fully saturated rings. The number of carbonyl (C=O) groups is 1. The molecule has 0 aromatic heterocycles. The number of fused-ring (bicyclic) bond motifs is 1. The number of hydrogen-bond donors (Lipinski definition) is 2. The molecular formula is C21H25Cl2N3O2. The van der Waals surface area contributed by atoms with Crippen molar-refractivity contribution in [3.63, 3.8) is 0 Å². The SMILES string of the molecule is CN(C)CCNC(=O)c1cc(C2CN(C)Cc3c(Cl)cc(Cl)cc32)ccc1O. The van der Waals surface area contributed by atoms with Gasteiger partial charge >= 0.3 is 0 Å². The number of phenols is 1. The van der Waals surface area contributed by atoms with Gasteiger partial charge < -0.3 is 20.2 Å². The Balaban J connectivity index is 1.94. The zero-order valence-corrected chi connectivity index (χ0v) is 17.8. The van der Waals surface area contributed by atoms with Gasteiger partial charge in [-0.2, -0.15) is 0 Å². The fourth-order valence-electron chi connectivity index (χ4n) is 3.57. The molecule has 1 atom stereocenters. The Morgan fingerprint density at radius 2 is 2.04 bits per heavy atom. The highest BCUT2D eigenvalue weighted by Gasteiger charge is 2.28. The Labute approximate surface area is 175 Å². The minimum absolute atomic E-state index is 0.0128. The molecule has 7 heteroatoms. The van der Waals surface area contributed by atoms with Gasteiger partial charge in [-0.1, -0.05) is 29.3 Å². The zero-order chi connectivity index (χ0) is 20.4. The maximum Gasteiger partial charge on any atom is 0.255 e. The first-order valence-corrected chi connectivity index (χ1v) is 9.94. The van der Waals surface area contributed by atoms with Crippen molar-refractivity contribution in [2.75, 3.05) is 40.8 Å². The fraction of sp³-hybridized carbons (Fsp3) is 0.381. The lowest BCUT2D eigenvalue weighted by Gasteiger charge is -2.33. The van der Waals surface area contributed by atoms with Crippen LogP contribution in [0.15, 0.2) is 30.3 Å². The molecule has 5 nitrogen and oxygen atoms in total. The molecule has 28 heavy (non-hydrogen) atoms. The van der Waals surface area contributed by atoms with Crippen LogP contribution in [0.5, 0.6) is 5.75 Å². The number of amides is 1. The molecule has 0 spiro atoms. The predicted molar refractivity (Wildman–Crippen MR) is 114 cm³/mol. The quantitative estimate of drug-likeness (QED) is 0.774. The molecule has 2 aromatic carbocycles. The Morgan fingerprint density at radius 3 is 2.75 bits per heavy atom. The van der Waals surface area contributed by atoms with Gasteiger partial charge in [0.25, 0.3) is 5.91 Å². The van der Waals surface area contributed by atoms with Crippen molar-refractivity contribution in [2.24, 2.45) is 0 Å². The second kappa shape index (κ2) is 8.70. The number of aromatic hydroxyl groups is 1. The largest absolute Gasteiger partial charge is 0.507 e. The molecular weight excluding hydrogens is 397 g/mol. The van der Waals surface area contributed by atoms with E-state index in [2.05, 4.69) is 10.2 Å². The van der Waals surface area contributed by atoms with Gasteiger partial charge in [0.1, 0.15) is 5.75 Å². The highest BCUT2D eigenvalue weighted by atomic mass is 35.5. The van der Waals surface area contributed by atoms with Crippen LogP contribution in [0.2, 0.25) is 10.0 Å². The Bertz CT molecular complexity index is 886. The number of benzene rings is 2.